The Hall–Kier alpha value is -2.01. The predicted octanol–water partition coefficient (Wildman–Crippen LogP) is 3.55. The number of rotatable bonds is 6. The summed E-state index contributed by atoms with van der Waals surface area (Å²) in [6, 6.07) is 12.4. The number of benzene rings is 2. The van der Waals surface area contributed by atoms with Gasteiger partial charge in [0.2, 0.25) is 5.91 Å². The van der Waals surface area contributed by atoms with Crippen molar-refractivity contribution in [1.82, 2.24) is 5.32 Å². The SMILES string of the molecule is COc1cccc(SCC(=O)NCc2ccc(F)c(C)c2)c1. The molecule has 0 heterocycles. The highest BCUT2D eigenvalue weighted by Gasteiger charge is 2.05. The first-order valence-electron chi connectivity index (χ1n) is 6.87. The summed E-state index contributed by atoms with van der Waals surface area (Å²) in [4.78, 5) is 12.8. The number of aryl methyl sites for hydroxylation is 1. The second-order valence-corrected chi connectivity index (χ2v) is 5.88. The molecular weight excluding hydrogens is 301 g/mol. The first kappa shape index (κ1) is 16.4. The summed E-state index contributed by atoms with van der Waals surface area (Å²) >= 11 is 1.45. The van der Waals surface area contributed by atoms with Crippen LogP contribution in [0.25, 0.3) is 0 Å². The second kappa shape index (κ2) is 7.84. The van der Waals surface area contributed by atoms with Crippen molar-refractivity contribution < 1.29 is 13.9 Å². The minimum Gasteiger partial charge on any atom is -0.497 e. The second-order valence-electron chi connectivity index (χ2n) is 4.83. The molecule has 0 fully saturated rings. The Kier molecular flexibility index (Phi) is 5.83. The molecule has 1 N–H and O–H groups in total. The molecule has 0 spiro atoms. The van der Waals surface area contributed by atoms with Gasteiger partial charge in [-0.05, 0) is 42.3 Å². The summed E-state index contributed by atoms with van der Waals surface area (Å²) in [7, 11) is 1.61. The zero-order valence-corrected chi connectivity index (χ0v) is 13.4. The molecule has 2 aromatic carbocycles. The quantitative estimate of drug-likeness (QED) is 0.828. The van der Waals surface area contributed by atoms with Gasteiger partial charge in [0.25, 0.3) is 0 Å². The van der Waals surface area contributed by atoms with Crippen LogP contribution in [0.5, 0.6) is 5.75 Å². The van der Waals surface area contributed by atoms with Crippen molar-refractivity contribution in [3.8, 4) is 5.75 Å². The molecule has 0 bridgehead atoms. The van der Waals surface area contributed by atoms with Crippen molar-refractivity contribution in [2.45, 2.75) is 18.4 Å². The molecule has 5 heteroatoms. The van der Waals surface area contributed by atoms with Crippen LogP contribution >= 0.6 is 11.8 Å². The summed E-state index contributed by atoms with van der Waals surface area (Å²) in [6.45, 7) is 2.11. The van der Waals surface area contributed by atoms with E-state index in [0.717, 1.165) is 16.2 Å². The molecule has 0 aliphatic carbocycles. The summed E-state index contributed by atoms with van der Waals surface area (Å²) in [6.07, 6.45) is 0. The number of halogens is 1. The molecule has 116 valence electrons. The highest BCUT2D eigenvalue weighted by molar-refractivity contribution is 8.00. The van der Waals surface area contributed by atoms with Gasteiger partial charge in [-0.3, -0.25) is 4.79 Å². The van der Waals surface area contributed by atoms with Crippen LogP contribution in [0, 0.1) is 12.7 Å². The molecule has 0 aliphatic rings. The zero-order chi connectivity index (χ0) is 15.9. The number of carbonyl (C=O) groups is 1. The van der Waals surface area contributed by atoms with Crippen molar-refractivity contribution in [3.05, 3.63) is 59.4 Å². The number of hydrogen-bond donors (Lipinski definition) is 1. The third kappa shape index (κ3) is 4.77. The minimum atomic E-state index is -0.233. The lowest BCUT2D eigenvalue weighted by atomic mass is 10.1. The van der Waals surface area contributed by atoms with Crippen molar-refractivity contribution >= 4 is 17.7 Å². The number of hydrogen-bond acceptors (Lipinski definition) is 3. The molecule has 0 radical (unpaired) electrons. The van der Waals surface area contributed by atoms with Crippen molar-refractivity contribution in [2.75, 3.05) is 12.9 Å². The van der Waals surface area contributed by atoms with E-state index in [-0.39, 0.29) is 11.7 Å². The number of carbonyl (C=O) groups excluding carboxylic acids is 1. The molecule has 0 saturated carbocycles. The van der Waals surface area contributed by atoms with E-state index < -0.39 is 0 Å². The highest BCUT2D eigenvalue weighted by atomic mass is 32.2. The largest absolute Gasteiger partial charge is 0.497 e. The normalized spacial score (nSPS) is 10.3. The van der Waals surface area contributed by atoms with Gasteiger partial charge in [-0.25, -0.2) is 4.39 Å². The molecule has 0 atom stereocenters. The van der Waals surface area contributed by atoms with Crippen LogP contribution in [0.1, 0.15) is 11.1 Å². The lowest BCUT2D eigenvalue weighted by Crippen LogP contribution is -2.24. The molecule has 1 amide bonds. The van der Waals surface area contributed by atoms with Gasteiger partial charge in [-0.1, -0.05) is 18.2 Å². The molecule has 0 saturated heterocycles. The Balaban J connectivity index is 1.81. The third-order valence-corrected chi connectivity index (χ3v) is 4.12. The number of methoxy groups -OCH3 is 1. The van der Waals surface area contributed by atoms with Gasteiger partial charge in [0.15, 0.2) is 0 Å². The number of ether oxygens (including phenoxy) is 1. The fourth-order valence-corrected chi connectivity index (χ4v) is 2.68. The van der Waals surface area contributed by atoms with Crippen LogP contribution in [-0.2, 0) is 11.3 Å². The molecular formula is C17H18FNO2S. The van der Waals surface area contributed by atoms with E-state index in [1.165, 1.54) is 17.8 Å². The maximum Gasteiger partial charge on any atom is 0.230 e. The van der Waals surface area contributed by atoms with Crippen LogP contribution in [0.15, 0.2) is 47.4 Å². The van der Waals surface area contributed by atoms with Crippen LogP contribution < -0.4 is 10.1 Å². The van der Waals surface area contributed by atoms with Crippen LogP contribution in [0.3, 0.4) is 0 Å². The van der Waals surface area contributed by atoms with Gasteiger partial charge in [0.1, 0.15) is 11.6 Å². The summed E-state index contributed by atoms with van der Waals surface area (Å²) in [5, 5.41) is 2.83. The van der Waals surface area contributed by atoms with E-state index in [4.69, 9.17) is 4.74 Å². The first-order valence-corrected chi connectivity index (χ1v) is 7.85. The molecule has 0 aliphatic heterocycles. The zero-order valence-electron chi connectivity index (χ0n) is 12.6. The summed E-state index contributed by atoms with van der Waals surface area (Å²) in [5.74, 6) is 0.804. The van der Waals surface area contributed by atoms with Crippen LogP contribution in [0.4, 0.5) is 4.39 Å². The minimum absolute atomic E-state index is 0.0604. The first-order chi connectivity index (χ1) is 10.6. The van der Waals surface area contributed by atoms with Gasteiger partial charge in [0, 0.05) is 11.4 Å². The number of amides is 1. The van der Waals surface area contributed by atoms with E-state index in [1.54, 1.807) is 26.2 Å². The van der Waals surface area contributed by atoms with Crippen molar-refractivity contribution in [1.29, 1.82) is 0 Å². The highest BCUT2D eigenvalue weighted by Crippen LogP contribution is 2.22. The maximum absolute atomic E-state index is 13.2. The van der Waals surface area contributed by atoms with Crippen molar-refractivity contribution in [3.63, 3.8) is 0 Å². The Labute approximate surface area is 133 Å². The lowest BCUT2D eigenvalue weighted by molar-refractivity contribution is -0.118. The van der Waals surface area contributed by atoms with Gasteiger partial charge < -0.3 is 10.1 Å². The topological polar surface area (TPSA) is 38.3 Å². The smallest absolute Gasteiger partial charge is 0.230 e. The predicted molar refractivity (Wildman–Crippen MR) is 86.7 cm³/mol. The molecule has 22 heavy (non-hydrogen) atoms. The summed E-state index contributed by atoms with van der Waals surface area (Å²) < 4.78 is 18.3. The van der Waals surface area contributed by atoms with E-state index in [9.17, 15) is 9.18 Å². The molecule has 0 aromatic heterocycles. The lowest BCUT2D eigenvalue weighted by Gasteiger charge is -2.07. The molecule has 3 nitrogen and oxygen atoms in total. The Bertz CT molecular complexity index is 661. The van der Waals surface area contributed by atoms with Gasteiger partial charge in [-0.2, -0.15) is 0 Å². The monoisotopic (exact) mass is 319 g/mol. The average molecular weight is 319 g/mol. The number of nitrogens with one attached hydrogen (secondary N) is 1. The third-order valence-electron chi connectivity index (χ3n) is 3.12. The van der Waals surface area contributed by atoms with E-state index in [2.05, 4.69) is 5.32 Å². The maximum atomic E-state index is 13.2. The molecule has 2 rings (SSSR count). The van der Waals surface area contributed by atoms with Gasteiger partial charge in [0.05, 0.1) is 12.9 Å². The fourth-order valence-electron chi connectivity index (χ4n) is 1.91. The fraction of sp³-hybridized carbons (Fsp3) is 0.235. The Morgan fingerprint density at radius 2 is 2.09 bits per heavy atom. The van der Waals surface area contributed by atoms with Crippen LogP contribution in [0.2, 0.25) is 0 Å². The van der Waals surface area contributed by atoms with E-state index >= 15 is 0 Å². The standard InChI is InChI=1S/C17H18FNO2S/c1-12-8-13(6-7-16(12)18)10-19-17(20)11-22-15-5-3-4-14(9-15)21-2/h3-9H,10-11H2,1-2H3,(H,19,20). The van der Waals surface area contributed by atoms with Gasteiger partial charge >= 0.3 is 0 Å². The van der Waals surface area contributed by atoms with Crippen LogP contribution in [-0.4, -0.2) is 18.8 Å². The average Bonchev–Trinajstić information content (AvgIpc) is 2.54. The van der Waals surface area contributed by atoms with E-state index in [1.807, 2.05) is 24.3 Å². The van der Waals surface area contributed by atoms with E-state index in [0.29, 0.717) is 17.9 Å². The Morgan fingerprint density at radius 3 is 2.82 bits per heavy atom. The molecule has 2 aromatic rings. The Morgan fingerprint density at radius 1 is 1.27 bits per heavy atom. The summed E-state index contributed by atoms with van der Waals surface area (Å²) in [5.41, 5.74) is 1.47. The number of thioether (sulfide) groups is 1. The molecule has 0 unspecified atom stereocenters. The van der Waals surface area contributed by atoms with Gasteiger partial charge in [-0.15, -0.1) is 11.8 Å². The van der Waals surface area contributed by atoms with Crippen molar-refractivity contribution in [2.24, 2.45) is 0 Å².